The van der Waals surface area contributed by atoms with E-state index in [1.807, 2.05) is 53.2 Å². The van der Waals surface area contributed by atoms with Crippen LogP contribution in [0.2, 0.25) is 5.02 Å². The molecule has 0 saturated carbocycles. The summed E-state index contributed by atoms with van der Waals surface area (Å²) >= 11 is 6.34. The van der Waals surface area contributed by atoms with Crippen LogP contribution in [0.15, 0.2) is 90.0 Å². The third-order valence-electron chi connectivity index (χ3n) is 5.11. The molecule has 0 radical (unpaired) electrons. The average molecular weight is 439 g/mol. The van der Waals surface area contributed by atoms with Crippen LogP contribution in [-0.2, 0) is 10.0 Å². The maximum Gasteiger partial charge on any atom is 0.264 e. The van der Waals surface area contributed by atoms with Gasteiger partial charge in [0.15, 0.2) is 0 Å². The summed E-state index contributed by atoms with van der Waals surface area (Å²) in [6, 6.07) is 23.9. The molecular formula is C24H23ClN2O2S. The highest BCUT2D eigenvalue weighted by molar-refractivity contribution is 7.92. The second-order valence-electron chi connectivity index (χ2n) is 7.12. The lowest BCUT2D eigenvalue weighted by Crippen LogP contribution is -2.33. The van der Waals surface area contributed by atoms with E-state index in [1.165, 1.54) is 4.31 Å². The summed E-state index contributed by atoms with van der Waals surface area (Å²) in [6.45, 7) is 2.44. The van der Waals surface area contributed by atoms with Crippen LogP contribution in [0, 0.1) is 0 Å². The molecule has 6 heteroatoms. The van der Waals surface area contributed by atoms with Crippen molar-refractivity contribution in [1.82, 2.24) is 4.57 Å². The molecule has 154 valence electrons. The molecule has 0 N–H and O–H groups in total. The zero-order valence-corrected chi connectivity index (χ0v) is 18.3. The number of benzene rings is 3. The lowest BCUT2D eigenvalue weighted by molar-refractivity contribution is 0.588. The van der Waals surface area contributed by atoms with E-state index in [0.29, 0.717) is 17.3 Å². The average Bonchev–Trinajstić information content (AvgIpc) is 3.19. The van der Waals surface area contributed by atoms with Crippen LogP contribution in [0.3, 0.4) is 0 Å². The zero-order chi connectivity index (χ0) is 21.1. The Bertz CT molecular complexity index is 1270. The molecule has 0 unspecified atom stereocenters. The molecule has 4 aromatic rings. The van der Waals surface area contributed by atoms with Crippen molar-refractivity contribution < 1.29 is 8.42 Å². The van der Waals surface area contributed by atoms with Gasteiger partial charge in [0.25, 0.3) is 10.0 Å². The van der Waals surface area contributed by atoms with Crippen molar-refractivity contribution in [2.45, 2.75) is 24.7 Å². The van der Waals surface area contributed by atoms with Crippen LogP contribution >= 0.6 is 11.6 Å². The van der Waals surface area contributed by atoms with Gasteiger partial charge in [0.05, 0.1) is 21.8 Å². The third kappa shape index (κ3) is 3.83. The first-order valence-electron chi connectivity index (χ1n) is 9.96. The fraction of sp³-hybridized carbons (Fsp3) is 0.167. The molecule has 0 saturated heterocycles. The molecule has 4 rings (SSSR count). The summed E-state index contributed by atoms with van der Waals surface area (Å²) in [4.78, 5) is 0.277. The number of anilines is 1. The molecule has 1 aromatic heterocycles. The molecule has 0 aliphatic rings. The van der Waals surface area contributed by atoms with Gasteiger partial charge in [-0.15, -0.1) is 0 Å². The Hall–Kier alpha value is -2.76. The van der Waals surface area contributed by atoms with E-state index in [9.17, 15) is 8.42 Å². The Kier molecular flexibility index (Phi) is 5.84. The molecule has 30 heavy (non-hydrogen) atoms. The Morgan fingerprint density at radius 3 is 2.43 bits per heavy atom. The van der Waals surface area contributed by atoms with Crippen molar-refractivity contribution in [3.05, 3.63) is 90.1 Å². The number of para-hydroxylation sites is 1. The number of hydrogen-bond donors (Lipinski definition) is 0. The number of halogens is 1. The predicted molar refractivity (Wildman–Crippen MR) is 124 cm³/mol. The van der Waals surface area contributed by atoms with Gasteiger partial charge in [0, 0.05) is 17.8 Å². The fourth-order valence-electron chi connectivity index (χ4n) is 3.59. The lowest BCUT2D eigenvalue weighted by Gasteiger charge is -2.27. The first-order chi connectivity index (χ1) is 14.5. The maximum atomic E-state index is 13.6. The van der Waals surface area contributed by atoms with Gasteiger partial charge < -0.3 is 4.57 Å². The molecular weight excluding hydrogens is 416 g/mol. The van der Waals surface area contributed by atoms with Crippen LogP contribution in [0.5, 0.6) is 0 Å². The van der Waals surface area contributed by atoms with E-state index in [4.69, 9.17) is 11.6 Å². The number of rotatable bonds is 7. The predicted octanol–water partition coefficient (Wildman–Crippen LogP) is 6.28. The molecule has 0 bridgehead atoms. The highest BCUT2D eigenvalue weighted by Crippen LogP contribution is 2.34. The van der Waals surface area contributed by atoms with Crippen LogP contribution in [0.25, 0.3) is 16.6 Å². The maximum absolute atomic E-state index is 13.6. The van der Waals surface area contributed by atoms with Crippen molar-refractivity contribution in [1.29, 1.82) is 0 Å². The first-order valence-corrected chi connectivity index (χ1v) is 11.8. The molecule has 3 aromatic carbocycles. The van der Waals surface area contributed by atoms with Gasteiger partial charge in [0.2, 0.25) is 0 Å². The van der Waals surface area contributed by atoms with Crippen LogP contribution in [-0.4, -0.2) is 19.5 Å². The van der Waals surface area contributed by atoms with Gasteiger partial charge in [-0.3, -0.25) is 4.31 Å². The molecule has 0 spiro atoms. The number of aromatic nitrogens is 1. The SMILES string of the molecule is CCCCN(c1ccc(Cl)cc1-n1ccc2ccccc21)S(=O)(=O)c1ccccc1. The number of sulfonamides is 1. The Balaban J connectivity index is 1.92. The fourth-order valence-corrected chi connectivity index (χ4v) is 5.29. The number of nitrogens with zero attached hydrogens (tertiary/aromatic N) is 2. The van der Waals surface area contributed by atoms with Crippen LogP contribution in [0.4, 0.5) is 5.69 Å². The monoisotopic (exact) mass is 438 g/mol. The minimum Gasteiger partial charge on any atom is -0.314 e. The van der Waals surface area contributed by atoms with Gasteiger partial charge in [-0.1, -0.05) is 61.3 Å². The summed E-state index contributed by atoms with van der Waals surface area (Å²) in [5.74, 6) is 0. The minimum atomic E-state index is -3.73. The quantitative estimate of drug-likeness (QED) is 0.340. The zero-order valence-electron chi connectivity index (χ0n) is 16.7. The van der Waals surface area contributed by atoms with Gasteiger partial charge in [-0.25, -0.2) is 8.42 Å². The highest BCUT2D eigenvalue weighted by Gasteiger charge is 2.27. The number of hydrogen-bond acceptors (Lipinski definition) is 2. The Labute approximate surface area is 182 Å². The Morgan fingerprint density at radius 1 is 0.933 bits per heavy atom. The van der Waals surface area contributed by atoms with E-state index < -0.39 is 10.0 Å². The molecule has 0 atom stereocenters. The van der Waals surface area contributed by atoms with Gasteiger partial charge in [0.1, 0.15) is 0 Å². The van der Waals surface area contributed by atoms with E-state index >= 15 is 0 Å². The summed E-state index contributed by atoms with van der Waals surface area (Å²) in [5, 5.41) is 1.63. The van der Waals surface area contributed by atoms with E-state index in [2.05, 4.69) is 6.92 Å². The Morgan fingerprint density at radius 2 is 1.67 bits per heavy atom. The standard InChI is InChI=1S/C24H23ClN2O2S/c1-2-3-16-27(30(28,29)21-10-5-4-6-11-21)23-14-13-20(25)18-24(23)26-17-15-19-9-7-8-12-22(19)26/h4-15,17-18H,2-3,16H2,1H3. The van der Waals surface area contributed by atoms with Crippen LogP contribution < -0.4 is 4.31 Å². The van der Waals surface area contributed by atoms with E-state index in [1.54, 1.807) is 36.4 Å². The van der Waals surface area contributed by atoms with Crippen molar-refractivity contribution in [3.8, 4) is 5.69 Å². The van der Waals surface area contributed by atoms with Crippen molar-refractivity contribution in [2.75, 3.05) is 10.8 Å². The second kappa shape index (κ2) is 8.54. The van der Waals surface area contributed by atoms with E-state index in [-0.39, 0.29) is 4.90 Å². The van der Waals surface area contributed by atoms with E-state index in [0.717, 1.165) is 29.4 Å². The summed E-state index contributed by atoms with van der Waals surface area (Å²) in [6.07, 6.45) is 3.59. The molecule has 0 aliphatic heterocycles. The van der Waals surface area contributed by atoms with Crippen molar-refractivity contribution in [2.24, 2.45) is 0 Å². The lowest BCUT2D eigenvalue weighted by atomic mass is 10.2. The topological polar surface area (TPSA) is 42.3 Å². The third-order valence-corrected chi connectivity index (χ3v) is 7.17. The minimum absolute atomic E-state index is 0.277. The summed E-state index contributed by atoms with van der Waals surface area (Å²) in [7, 11) is -3.73. The van der Waals surface area contributed by atoms with Crippen molar-refractivity contribution >= 4 is 38.2 Å². The largest absolute Gasteiger partial charge is 0.314 e. The van der Waals surface area contributed by atoms with Gasteiger partial charge >= 0.3 is 0 Å². The molecule has 0 aliphatic carbocycles. The molecule has 0 fully saturated rings. The van der Waals surface area contributed by atoms with Crippen LogP contribution in [0.1, 0.15) is 19.8 Å². The van der Waals surface area contributed by atoms with Gasteiger partial charge in [-0.2, -0.15) is 0 Å². The normalized spacial score (nSPS) is 11.7. The first kappa shape index (κ1) is 20.5. The molecule has 1 heterocycles. The highest BCUT2D eigenvalue weighted by atomic mass is 35.5. The summed E-state index contributed by atoms with van der Waals surface area (Å²) < 4.78 is 30.7. The van der Waals surface area contributed by atoms with Crippen molar-refractivity contribution in [3.63, 3.8) is 0 Å². The van der Waals surface area contributed by atoms with Gasteiger partial charge in [-0.05, 0) is 54.3 Å². The molecule has 0 amide bonds. The second-order valence-corrected chi connectivity index (χ2v) is 9.42. The molecule has 4 nitrogen and oxygen atoms in total. The smallest absolute Gasteiger partial charge is 0.264 e. The summed E-state index contributed by atoms with van der Waals surface area (Å²) in [5.41, 5.74) is 2.34. The number of unbranched alkanes of at least 4 members (excludes halogenated alkanes) is 1. The number of fused-ring (bicyclic) bond motifs is 1.